The molecule has 0 radical (unpaired) electrons. The Labute approximate surface area is 177 Å². The summed E-state index contributed by atoms with van der Waals surface area (Å²) in [6.45, 7) is 2.89. The third kappa shape index (κ3) is 3.17. The van der Waals surface area contributed by atoms with Crippen LogP contribution in [0.3, 0.4) is 0 Å². The van der Waals surface area contributed by atoms with Gasteiger partial charge in [0, 0.05) is 23.0 Å². The number of ketones is 1. The average molecular weight is 466 g/mol. The Morgan fingerprint density at radius 3 is 2.97 bits per heavy atom. The second kappa shape index (κ2) is 7.41. The molecule has 29 heavy (non-hydrogen) atoms. The Kier molecular flexibility index (Phi) is 5.21. The quantitative estimate of drug-likeness (QED) is 0.682. The maximum atomic E-state index is 13.0. The number of hydrogen-bond acceptors (Lipinski definition) is 7. The molecule has 1 N–H and O–H groups in total. The van der Waals surface area contributed by atoms with E-state index in [9.17, 15) is 14.7 Å². The molecule has 2 heterocycles. The number of fused-ring (bicyclic) bond motifs is 1. The normalized spacial score (nSPS) is 26.6. The molecule has 1 saturated heterocycles. The van der Waals surface area contributed by atoms with E-state index < -0.39 is 17.5 Å². The van der Waals surface area contributed by atoms with Crippen molar-refractivity contribution < 1.29 is 28.9 Å². The summed E-state index contributed by atoms with van der Waals surface area (Å²) in [6.07, 6.45) is 1.53. The topological polar surface area (TPSA) is 85.3 Å². The van der Waals surface area contributed by atoms with Crippen molar-refractivity contribution in [1.29, 1.82) is 0 Å². The lowest BCUT2D eigenvalue weighted by Gasteiger charge is -2.45. The number of aliphatic hydroxyl groups excluding tert-OH is 1. The zero-order chi connectivity index (χ0) is 20.9. The number of hydrogen-bond donors (Lipinski definition) is 1. The molecule has 1 fully saturated rings. The molecule has 3 aliphatic rings. The van der Waals surface area contributed by atoms with Crippen LogP contribution in [0, 0.1) is 0 Å². The molecule has 3 unspecified atom stereocenters. The smallest absolute Gasteiger partial charge is 0.339 e. The summed E-state index contributed by atoms with van der Waals surface area (Å²) in [5.74, 6) is 0.494. The molecule has 0 amide bonds. The van der Waals surface area contributed by atoms with E-state index in [1.54, 1.807) is 26.2 Å². The van der Waals surface area contributed by atoms with Gasteiger partial charge < -0.3 is 24.2 Å². The predicted octanol–water partition coefficient (Wildman–Crippen LogP) is 2.23. The summed E-state index contributed by atoms with van der Waals surface area (Å²) >= 11 is 3.51. The summed E-state index contributed by atoms with van der Waals surface area (Å²) in [5, 5.41) is 9.54. The van der Waals surface area contributed by atoms with Gasteiger partial charge in [-0.1, -0.05) is 0 Å². The Balaban J connectivity index is 1.93. The molecule has 8 heteroatoms. The fourth-order valence-electron chi connectivity index (χ4n) is 4.69. The van der Waals surface area contributed by atoms with Crippen molar-refractivity contribution in [3.63, 3.8) is 0 Å². The lowest BCUT2D eigenvalue weighted by atomic mass is 9.62. The number of carbonyl (C=O) groups is 2. The molecule has 1 spiro atoms. The third-order valence-electron chi connectivity index (χ3n) is 5.96. The van der Waals surface area contributed by atoms with Crippen LogP contribution in [0.1, 0.15) is 35.7 Å². The minimum Gasteiger partial charge on any atom is -0.493 e. The van der Waals surface area contributed by atoms with Crippen LogP contribution >= 0.6 is 15.9 Å². The molecule has 156 valence electrons. The maximum Gasteiger partial charge on any atom is 0.339 e. The fraction of sp³-hybridized carbons (Fsp3) is 0.524. The first kappa shape index (κ1) is 20.4. The molecule has 0 saturated carbocycles. The van der Waals surface area contributed by atoms with E-state index >= 15 is 0 Å². The van der Waals surface area contributed by atoms with Gasteiger partial charge in [0.1, 0.15) is 12.7 Å². The second-order valence-electron chi connectivity index (χ2n) is 7.99. The number of likely N-dealkylation sites (N-methyl/N-ethyl adjacent to an activating group) is 1. The summed E-state index contributed by atoms with van der Waals surface area (Å²) in [7, 11) is 3.56. The van der Waals surface area contributed by atoms with E-state index in [1.807, 2.05) is 7.05 Å². The molecule has 1 aromatic rings. The number of esters is 1. The maximum absolute atomic E-state index is 13.0. The minimum absolute atomic E-state index is 0.0278. The van der Waals surface area contributed by atoms with E-state index in [2.05, 4.69) is 20.8 Å². The summed E-state index contributed by atoms with van der Waals surface area (Å²) in [5.41, 5.74) is 1.47. The standard InChI is InChI=1S/C21H24BrNO6/c1-11(24)10-28-20(26)17-14(22)8-15(27-3)19-18(17)21-4-5-23(2)9-12(21)6-13(25)7-16(21)29-19/h6,8,11,16,24H,4-5,7,9-10H2,1-3H3. The van der Waals surface area contributed by atoms with Gasteiger partial charge in [0.25, 0.3) is 0 Å². The number of piperidine rings is 1. The number of carbonyl (C=O) groups excluding carboxylic acids is 2. The highest BCUT2D eigenvalue weighted by Crippen LogP contribution is 2.59. The average Bonchev–Trinajstić information content (AvgIpc) is 2.98. The lowest BCUT2D eigenvalue weighted by Crippen LogP contribution is -2.52. The number of ether oxygens (including phenoxy) is 3. The molecule has 4 rings (SSSR count). The Bertz CT molecular complexity index is 911. The van der Waals surface area contributed by atoms with Gasteiger partial charge in [-0.05, 0) is 60.6 Å². The first-order valence-electron chi connectivity index (χ1n) is 9.63. The number of methoxy groups -OCH3 is 1. The van der Waals surface area contributed by atoms with Crippen LogP contribution in [0.25, 0.3) is 0 Å². The van der Waals surface area contributed by atoms with Gasteiger partial charge in [0.05, 0.1) is 24.2 Å². The predicted molar refractivity (Wildman–Crippen MR) is 109 cm³/mol. The monoisotopic (exact) mass is 465 g/mol. The molecule has 1 aliphatic carbocycles. The Morgan fingerprint density at radius 1 is 1.52 bits per heavy atom. The van der Waals surface area contributed by atoms with E-state index in [4.69, 9.17) is 14.2 Å². The highest BCUT2D eigenvalue weighted by molar-refractivity contribution is 9.10. The van der Waals surface area contributed by atoms with Crippen molar-refractivity contribution in [2.24, 2.45) is 0 Å². The second-order valence-corrected chi connectivity index (χ2v) is 8.85. The van der Waals surface area contributed by atoms with Crippen LogP contribution in [0.15, 0.2) is 22.2 Å². The van der Waals surface area contributed by atoms with Crippen LogP contribution in [0.2, 0.25) is 0 Å². The SMILES string of the molecule is COc1cc(Br)c(C(=O)OCC(C)O)c2c1OC1CC(=O)C=C3CN(C)CCC321. The molecule has 3 atom stereocenters. The highest BCUT2D eigenvalue weighted by atomic mass is 79.9. The van der Waals surface area contributed by atoms with Gasteiger partial charge in [-0.2, -0.15) is 0 Å². The zero-order valence-electron chi connectivity index (χ0n) is 16.7. The van der Waals surface area contributed by atoms with Crippen LogP contribution in [0.5, 0.6) is 11.5 Å². The fourth-order valence-corrected chi connectivity index (χ4v) is 5.26. The number of aliphatic hydroxyl groups is 1. The van der Waals surface area contributed by atoms with Gasteiger partial charge >= 0.3 is 5.97 Å². The molecule has 1 aromatic carbocycles. The molecule has 0 bridgehead atoms. The lowest BCUT2D eigenvalue weighted by molar-refractivity contribution is -0.117. The summed E-state index contributed by atoms with van der Waals surface area (Å²) in [6, 6.07) is 1.69. The molecular formula is C21H24BrNO6. The van der Waals surface area contributed by atoms with Crippen LogP contribution in [0.4, 0.5) is 0 Å². The van der Waals surface area contributed by atoms with Crippen molar-refractivity contribution in [2.75, 3.05) is 33.9 Å². The number of likely N-dealkylation sites (tertiary alicyclic amines) is 1. The van der Waals surface area contributed by atoms with Crippen molar-refractivity contribution in [1.82, 2.24) is 4.90 Å². The van der Waals surface area contributed by atoms with Gasteiger partial charge in [0.15, 0.2) is 17.3 Å². The number of allylic oxidation sites excluding steroid dienone is 1. The third-order valence-corrected chi connectivity index (χ3v) is 6.58. The van der Waals surface area contributed by atoms with Crippen LogP contribution < -0.4 is 9.47 Å². The van der Waals surface area contributed by atoms with E-state index in [-0.39, 0.29) is 24.9 Å². The number of halogens is 1. The summed E-state index contributed by atoms with van der Waals surface area (Å²) in [4.78, 5) is 27.6. The van der Waals surface area contributed by atoms with E-state index in [1.165, 1.54) is 0 Å². The molecular weight excluding hydrogens is 442 g/mol. The van der Waals surface area contributed by atoms with Crippen LogP contribution in [-0.4, -0.2) is 67.8 Å². The first-order chi connectivity index (χ1) is 13.8. The summed E-state index contributed by atoms with van der Waals surface area (Å²) < 4.78 is 17.7. The van der Waals surface area contributed by atoms with Gasteiger partial charge in [0.2, 0.25) is 0 Å². The zero-order valence-corrected chi connectivity index (χ0v) is 18.2. The van der Waals surface area contributed by atoms with Crippen molar-refractivity contribution in [2.45, 2.75) is 37.4 Å². The molecule has 0 aromatic heterocycles. The van der Waals surface area contributed by atoms with Crippen molar-refractivity contribution in [3.8, 4) is 11.5 Å². The molecule has 2 aliphatic heterocycles. The minimum atomic E-state index is -0.766. The van der Waals surface area contributed by atoms with Gasteiger partial charge in [-0.3, -0.25) is 4.79 Å². The van der Waals surface area contributed by atoms with E-state index in [0.29, 0.717) is 28.1 Å². The van der Waals surface area contributed by atoms with Gasteiger partial charge in [-0.25, -0.2) is 4.79 Å². The van der Waals surface area contributed by atoms with E-state index in [0.717, 1.165) is 24.1 Å². The number of nitrogens with zero attached hydrogens (tertiary/aromatic N) is 1. The molecule has 7 nitrogen and oxygen atoms in total. The van der Waals surface area contributed by atoms with Crippen molar-refractivity contribution in [3.05, 3.63) is 33.3 Å². The first-order valence-corrected chi connectivity index (χ1v) is 10.4. The largest absolute Gasteiger partial charge is 0.493 e. The number of benzene rings is 1. The van der Waals surface area contributed by atoms with Crippen LogP contribution in [-0.2, 0) is 14.9 Å². The highest BCUT2D eigenvalue weighted by Gasteiger charge is 2.58. The van der Waals surface area contributed by atoms with Crippen molar-refractivity contribution >= 4 is 27.7 Å². The van der Waals surface area contributed by atoms with Gasteiger partial charge in [-0.15, -0.1) is 0 Å². The Morgan fingerprint density at radius 2 is 2.28 bits per heavy atom. The number of rotatable bonds is 4. The Hall–Kier alpha value is -1.90.